The number of nitrogens with one attached hydrogen (secondary N) is 1. The van der Waals surface area contributed by atoms with E-state index in [9.17, 15) is 5.11 Å². The minimum absolute atomic E-state index is 0.0661. The molecular weight excluding hydrogens is 164 g/mol. The summed E-state index contributed by atoms with van der Waals surface area (Å²) in [5, 5.41) is 12.9. The molecule has 0 saturated carbocycles. The average molecular weight is 184 g/mol. The molecule has 0 aromatic carbocycles. The summed E-state index contributed by atoms with van der Waals surface area (Å²) in [7, 11) is 0. The summed E-state index contributed by atoms with van der Waals surface area (Å²) in [6.07, 6.45) is 4.91. The van der Waals surface area contributed by atoms with Crippen LogP contribution in [0.15, 0.2) is 0 Å². The highest BCUT2D eigenvalue weighted by molar-refractivity contribution is 4.81. The Morgan fingerprint density at radius 2 is 2.23 bits per heavy atom. The Labute approximate surface area is 80.1 Å². The highest BCUT2D eigenvalue weighted by Crippen LogP contribution is 2.13. The van der Waals surface area contributed by atoms with Crippen LogP contribution in [-0.4, -0.2) is 48.3 Å². The molecule has 2 atom stereocenters. The van der Waals surface area contributed by atoms with E-state index in [-0.39, 0.29) is 6.10 Å². The summed E-state index contributed by atoms with van der Waals surface area (Å²) in [5.41, 5.74) is 0. The SMILES string of the molecule is O[C@@H]1CCN(C[C@@H]2CCCCN2)C1. The summed E-state index contributed by atoms with van der Waals surface area (Å²) < 4.78 is 0. The summed E-state index contributed by atoms with van der Waals surface area (Å²) in [5.74, 6) is 0. The van der Waals surface area contributed by atoms with E-state index >= 15 is 0 Å². The summed E-state index contributed by atoms with van der Waals surface area (Å²) in [6, 6.07) is 0.680. The Morgan fingerprint density at radius 1 is 1.31 bits per heavy atom. The zero-order chi connectivity index (χ0) is 9.10. The van der Waals surface area contributed by atoms with E-state index in [0.29, 0.717) is 6.04 Å². The fourth-order valence-electron chi connectivity index (χ4n) is 2.37. The van der Waals surface area contributed by atoms with Crippen LogP contribution in [0, 0.1) is 0 Å². The third-order valence-electron chi connectivity index (χ3n) is 3.14. The molecule has 3 nitrogen and oxygen atoms in total. The molecule has 0 aromatic rings. The van der Waals surface area contributed by atoms with Crippen LogP contribution < -0.4 is 5.32 Å². The number of hydrogen-bond donors (Lipinski definition) is 2. The third-order valence-corrected chi connectivity index (χ3v) is 3.14. The van der Waals surface area contributed by atoms with E-state index in [1.54, 1.807) is 0 Å². The first-order chi connectivity index (χ1) is 6.34. The second-order valence-electron chi connectivity index (χ2n) is 4.35. The first-order valence-corrected chi connectivity index (χ1v) is 5.48. The number of aliphatic hydroxyl groups is 1. The maximum Gasteiger partial charge on any atom is 0.0679 e. The Kier molecular flexibility index (Phi) is 3.19. The van der Waals surface area contributed by atoms with E-state index in [4.69, 9.17) is 0 Å². The zero-order valence-electron chi connectivity index (χ0n) is 8.21. The molecule has 3 heteroatoms. The second-order valence-corrected chi connectivity index (χ2v) is 4.35. The van der Waals surface area contributed by atoms with Crippen molar-refractivity contribution in [2.75, 3.05) is 26.2 Å². The Hall–Kier alpha value is -0.120. The summed E-state index contributed by atoms with van der Waals surface area (Å²) in [4.78, 5) is 2.38. The van der Waals surface area contributed by atoms with Gasteiger partial charge in [0.05, 0.1) is 6.10 Å². The average Bonchev–Trinajstić information content (AvgIpc) is 2.53. The van der Waals surface area contributed by atoms with Gasteiger partial charge in [-0.15, -0.1) is 0 Å². The smallest absolute Gasteiger partial charge is 0.0679 e. The highest BCUT2D eigenvalue weighted by atomic mass is 16.3. The van der Waals surface area contributed by atoms with Crippen molar-refractivity contribution in [1.29, 1.82) is 0 Å². The van der Waals surface area contributed by atoms with Crippen molar-refractivity contribution in [3.8, 4) is 0 Å². The van der Waals surface area contributed by atoms with Crippen molar-refractivity contribution < 1.29 is 5.11 Å². The van der Waals surface area contributed by atoms with E-state index in [2.05, 4.69) is 10.2 Å². The monoisotopic (exact) mass is 184 g/mol. The second kappa shape index (κ2) is 4.40. The number of β-amino-alcohol motifs (C(OH)–C–C–N with tert-alkyl or cyclic N) is 1. The fourth-order valence-corrected chi connectivity index (χ4v) is 2.37. The van der Waals surface area contributed by atoms with Crippen LogP contribution in [0.3, 0.4) is 0 Å². The molecule has 2 aliphatic heterocycles. The van der Waals surface area contributed by atoms with Gasteiger partial charge in [0, 0.05) is 25.7 Å². The normalized spacial score (nSPS) is 36.7. The molecule has 0 unspecified atom stereocenters. The van der Waals surface area contributed by atoms with Gasteiger partial charge in [-0.05, 0) is 25.8 Å². The van der Waals surface area contributed by atoms with Crippen molar-refractivity contribution >= 4 is 0 Å². The molecule has 76 valence electrons. The van der Waals surface area contributed by atoms with Crippen LogP contribution >= 0.6 is 0 Å². The van der Waals surface area contributed by atoms with Gasteiger partial charge in [-0.1, -0.05) is 6.42 Å². The molecule has 0 bridgehead atoms. The lowest BCUT2D eigenvalue weighted by atomic mass is 10.0. The van der Waals surface area contributed by atoms with Crippen molar-refractivity contribution in [2.24, 2.45) is 0 Å². The van der Waals surface area contributed by atoms with Gasteiger partial charge in [0.25, 0.3) is 0 Å². The third kappa shape index (κ3) is 2.66. The van der Waals surface area contributed by atoms with E-state index in [0.717, 1.165) is 26.1 Å². The molecule has 2 rings (SSSR count). The largest absolute Gasteiger partial charge is 0.392 e. The van der Waals surface area contributed by atoms with Crippen LogP contribution in [0.1, 0.15) is 25.7 Å². The van der Waals surface area contributed by atoms with Crippen molar-refractivity contribution in [3.63, 3.8) is 0 Å². The number of aliphatic hydroxyl groups excluding tert-OH is 1. The molecule has 13 heavy (non-hydrogen) atoms. The van der Waals surface area contributed by atoms with Gasteiger partial charge in [-0.25, -0.2) is 0 Å². The van der Waals surface area contributed by atoms with Gasteiger partial charge < -0.3 is 10.4 Å². The molecule has 0 aromatic heterocycles. The van der Waals surface area contributed by atoms with E-state index in [1.807, 2.05) is 0 Å². The molecule has 2 saturated heterocycles. The number of likely N-dealkylation sites (tertiary alicyclic amines) is 1. The maximum atomic E-state index is 9.37. The minimum atomic E-state index is -0.0661. The first-order valence-electron chi connectivity index (χ1n) is 5.48. The maximum absolute atomic E-state index is 9.37. The lowest BCUT2D eigenvalue weighted by Crippen LogP contribution is -2.43. The fraction of sp³-hybridized carbons (Fsp3) is 1.00. The van der Waals surface area contributed by atoms with Gasteiger partial charge in [0.1, 0.15) is 0 Å². The lowest BCUT2D eigenvalue weighted by molar-refractivity contribution is 0.169. The molecule has 0 aliphatic carbocycles. The number of rotatable bonds is 2. The van der Waals surface area contributed by atoms with Gasteiger partial charge in [0.15, 0.2) is 0 Å². The first kappa shape index (κ1) is 9.44. The molecular formula is C10H20N2O. The number of hydrogen-bond acceptors (Lipinski definition) is 3. The van der Waals surface area contributed by atoms with Gasteiger partial charge in [-0.3, -0.25) is 4.90 Å². The molecule has 0 amide bonds. The molecule has 2 aliphatic rings. The van der Waals surface area contributed by atoms with Crippen molar-refractivity contribution in [1.82, 2.24) is 10.2 Å². The number of piperidine rings is 1. The van der Waals surface area contributed by atoms with Crippen LogP contribution in [0.4, 0.5) is 0 Å². The minimum Gasteiger partial charge on any atom is -0.392 e. The van der Waals surface area contributed by atoms with E-state index < -0.39 is 0 Å². The summed E-state index contributed by atoms with van der Waals surface area (Å²) >= 11 is 0. The molecule has 2 heterocycles. The Balaban J connectivity index is 1.71. The van der Waals surface area contributed by atoms with E-state index in [1.165, 1.54) is 25.8 Å². The molecule has 2 fully saturated rings. The molecule has 0 radical (unpaired) electrons. The van der Waals surface area contributed by atoms with Crippen LogP contribution in [0.5, 0.6) is 0 Å². The topological polar surface area (TPSA) is 35.5 Å². The zero-order valence-corrected chi connectivity index (χ0v) is 8.21. The van der Waals surface area contributed by atoms with Gasteiger partial charge in [0.2, 0.25) is 0 Å². The Morgan fingerprint density at radius 3 is 2.85 bits per heavy atom. The lowest BCUT2D eigenvalue weighted by Gasteiger charge is -2.27. The molecule has 2 N–H and O–H groups in total. The Bertz CT molecular complexity index is 154. The quantitative estimate of drug-likeness (QED) is 0.643. The molecule has 0 spiro atoms. The van der Waals surface area contributed by atoms with Gasteiger partial charge >= 0.3 is 0 Å². The van der Waals surface area contributed by atoms with Gasteiger partial charge in [-0.2, -0.15) is 0 Å². The number of nitrogens with zero attached hydrogens (tertiary/aromatic N) is 1. The standard InChI is InChI=1S/C10H20N2O/c13-10-4-6-12(8-10)7-9-3-1-2-5-11-9/h9-11,13H,1-8H2/t9-,10+/m0/s1. The predicted octanol–water partition coefficient (Wildman–Crippen LogP) is 0.195. The van der Waals surface area contributed by atoms with Crippen molar-refractivity contribution in [3.05, 3.63) is 0 Å². The predicted molar refractivity (Wildman–Crippen MR) is 52.7 cm³/mol. The summed E-state index contributed by atoms with van der Waals surface area (Å²) in [6.45, 7) is 4.29. The van der Waals surface area contributed by atoms with Crippen molar-refractivity contribution in [2.45, 2.75) is 37.8 Å². The highest BCUT2D eigenvalue weighted by Gasteiger charge is 2.23. The van der Waals surface area contributed by atoms with Crippen LogP contribution in [-0.2, 0) is 0 Å². The van der Waals surface area contributed by atoms with Crippen LogP contribution in [0.25, 0.3) is 0 Å². The van der Waals surface area contributed by atoms with Crippen LogP contribution in [0.2, 0.25) is 0 Å².